The van der Waals surface area contributed by atoms with Crippen LogP contribution in [0.15, 0.2) is 4.52 Å². The van der Waals surface area contributed by atoms with Crippen molar-refractivity contribution in [3.63, 3.8) is 0 Å². The second-order valence-electron chi connectivity index (χ2n) is 6.48. The quantitative estimate of drug-likeness (QED) is 0.890. The van der Waals surface area contributed by atoms with Gasteiger partial charge in [-0.25, -0.2) is 0 Å². The molecule has 1 aromatic heterocycles. The van der Waals surface area contributed by atoms with Gasteiger partial charge in [-0.2, -0.15) is 4.98 Å². The van der Waals surface area contributed by atoms with E-state index in [1.807, 2.05) is 0 Å². The van der Waals surface area contributed by atoms with E-state index >= 15 is 0 Å². The topological polar surface area (TPSA) is 65.6 Å². The molecule has 1 saturated heterocycles. The van der Waals surface area contributed by atoms with Gasteiger partial charge in [0, 0.05) is 38.1 Å². The average Bonchev–Trinajstić information content (AvgIpc) is 2.89. The van der Waals surface area contributed by atoms with Crippen molar-refractivity contribution in [2.45, 2.75) is 39.2 Å². The summed E-state index contributed by atoms with van der Waals surface area (Å²) in [7, 11) is 0. The highest BCUT2D eigenvalue weighted by atomic mass is 16.5. The van der Waals surface area contributed by atoms with Gasteiger partial charge in [0.2, 0.25) is 5.89 Å². The SMILES string of the molecule is C[C@H](c1nc(C(C)(C)C)no1)N1CCN(CCO)CC1. The van der Waals surface area contributed by atoms with Crippen LogP contribution in [0, 0.1) is 0 Å². The van der Waals surface area contributed by atoms with Gasteiger partial charge in [-0.05, 0) is 6.92 Å². The second-order valence-corrected chi connectivity index (χ2v) is 6.48. The fourth-order valence-corrected chi connectivity index (χ4v) is 2.38. The standard InChI is InChI=1S/C14H26N4O2/c1-11(12-15-13(16-20-12)14(2,3)4)18-7-5-17(6-8-18)9-10-19/h11,19H,5-10H2,1-4H3/t11-/m1/s1. The van der Waals surface area contributed by atoms with Crippen molar-refractivity contribution in [2.24, 2.45) is 0 Å². The third kappa shape index (κ3) is 3.56. The van der Waals surface area contributed by atoms with Crippen LogP contribution in [-0.2, 0) is 5.41 Å². The van der Waals surface area contributed by atoms with E-state index in [1.54, 1.807) is 0 Å². The maximum atomic E-state index is 8.96. The van der Waals surface area contributed by atoms with E-state index in [1.165, 1.54) is 0 Å². The smallest absolute Gasteiger partial charge is 0.243 e. The number of piperazine rings is 1. The molecule has 1 N–H and O–H groups in total. The van der Waals surface area contributed by atoms with Crippen LogP contribution in [0.1, 0.15) is 45.5 Å². The molecule has 114 valence electrons. The molecule has 0 aromatic carbocycles. The van der Waals surface area contributed by atoms with Crippen LogP contribution in [0.5, 0.6) is 0 Å². The van der Waals surface area contributed by atoms with Crippen molar-refractivity contribution in [1.29, 1.82) is 0 Å². The summed E-state index contributed by atoms with van der Waals surface area (Å²) >= 11 is 0. The molecule has 0 radical (unpaired) electrons. The lowest BCUT2D eigenvalue weighted by atomic mass is 9.96. The molecule has 2 rings (SSSR count). The fraction of sp³-hybridized carbons (Fsp3) is 0.857. The fourth-order valence-electron chi connectivity index (χ4n) is 2.38. The molecular weight excluding hydrogens is 256 g/mol. The number of hydrogen-bond acceptors (Lipinski definition) is 6. The molecular formula is C14H26N4O2. The minimum absolute atomic E-state index is 0.0821. The highest BCUT2D eigenvalue weighted by Crippen LogP contribution is 2.24. The molecule has 0 bridgehead atoms. The molecule has 0 amide bonds. The summed E-state index contributed by atoms with van der Waals surface area (Å²) in [6, 6.07) is 0.148. The molecule has 1 atom stereocenters. The van der Waals surface area contributed by atoms with E-state index < -0.39 is 0 Å². The summed E-state index contributed by atoms with van der Waals surface area (Å²) in [5, 5.41) is 13.1. The van der Waals surface area contributed by atoms with E-state index in [-0.39, 0.29) is 18.1 Å². The van der Waals surface area contributed by atoms with Crippen LogP contribution in [0.3, 0.4) is 0 Å². The van der Waals surface area contributed by atoms with Gasteiger partial charge >= 0.3 is 0 Å². The lowest BCUT2D eigenvalue weighted by Gasteiger charge is -2.36. The lowest BCUT2D eigenvalue weighted by molar-refractivity contribution is 0.0776. The first kappa shape index (κ1) is 15.4. The Morgan fingerprint density at radius 2 is 1.90 bits per heavy atom. The number of nitrogens with zero attached hydrogens (tertiary/aromatic N) is 4. The van der Waals surface area contributed by atoms with Gasteiger partial charge in [-0.1, -0.05) is 25.9 Å². The number of β-amino-alcohol motifs (C(OH)–C–C–N with tert-alkyl or cyclic N) is 1. The maximum absolute atomic E-state index is 8.96. The summed E-state index contributed by atoms with van der Waals surface area (Å²) < 4.78 is 5.42. The van der Waals surface area contributed by atoms with Crippen LogP contribution in [0.25, 0.3) is 0 Å². The largest absolute Gasteiger partial charge is 0.395 e. The number of rotatable bonds is 4. The van der Waals surface area contributed by atoms with Crippen LogP contribution in [0.4, 0.5) is 0 Å². The van der Waals surface area contributed by atoms with E-state index in [4.69, 9.17) is 9.63 Å². The highest BCUT2D eigenvalue weighted by Gasteiger charge is 2.28. The summed E-state index contributed by atoms with van der Waals surface area (Å²) in [5.74, 6) is 1.46. The molecule has 0 aliphatic carbocycles. The van der Waals surface area contributed by atoms with E-state index in [9.17, 15) is 0 Å². The van der Waals surface area contributed by atoms with Crippen molar-refractivity contribution in [3.8, 4) is 0 Å². The molecule has 1 aliphatic heterocycles. The van der Waals surface area contributed by atoms with Crippen molar-refractivity contribution in [3.05, 3.63) is 11.7 Å². The minimum atomic E-state index is -0.0821. The summed E-state index contributed by atoms with van der Waals surface area (Å²) in [5.41, 5.74) is -0.0821. The third-order valence-electron chi connectivity index (χ3n) is 3.84. The first-order chi connectivity index (χ1) is 9.41. The number of aliphatic hydroxyl groups excluding tert-OH is 1. The van der Waals surface area contributed by atoms with Gasteiger partial charge in [-0.15, -0.1) is 0 Å². The van der Waals surface area contributed by atoms with Crippen molar-refractivity contribution >= 4 is 0 Å². The van der Waals surface area contributed by atoms with Crippen LogP contribution in [-0.4, -0.2) is 64.4 Å². The van der Waals surface area contributed by atoms with E-state index in [2.05, 4.69) is 47.6 Å². The molecule has 1 aromatic rings. The van der Waals surface area contributed by atoms with E-state index in [0.29, 0.717) is 5.89 Å². The molecule has 6 nitrogen and oxygen atoms in total. The van der Waals surface area contributed by atoms with Gasteiger partial charge in [-0.3, -0.25) is 9.80 Å². The normalized spacial score (nSPS) is 20.2. The van der Waals surface area contributed by atoms with E-state index in [0.717, 1.165) is 38.5 Å². The molecule has 0 spiro atoms. The van der Waals surface area contributed by atoms with Gasteiger partial charge in [0.1, 0.15) is 0 Å². The zero-order valence-corrected chi connectivity index (χ0v) is 13.0. The second kappa shape index (κ2) is 6.20. The highest BCUT2D eigenvalue weighted by molar-refractivity contribution is 5.02. The maximum Gasteiger partial charge on any atom is 0.243 e. The number of aromatic nitrogens is 2. The predicted octanol–water partition coefficient (Wildman–Crippen LogP) is 1.04. The van der Waals surface area contributed by atoms with Gasteiger partial charge in [0.15, 0.2) is 5.82 Å². The predicted molar refractivity (Wildman–Crippen MR) is 76.5 cm³/mol. The van der Waals surface area contributed by atoms with Crippen molar-refractivity contribution < 1.29 is 9.63 Å². The zero-order valence-electron chi connectivity index (χ0n) is 13.0. The third-order valence-corrected chi connectivity index (χ3v) is 3.84. The first-order valence-electron chi connectivity index (χ1n) is 7.33. The zero-order chi connectivity index (χ0) is 14.8. The van der Waals surface area contributed by atoms with Crippen molar-refractivity contribution in [2.75, 3.05) is 39.3 Å². The van der Waals surface area contributed by atoms with Gasteiger partial charge in [0.05, 0.1) is 12.6 Å². The van der Waals surface area contributed by atoms with Crippen LogP contribution < -0.4 is 0 Å². The summed E-state index contributed by atoms with van der Waals surface area (Å²) in [4.78, 5) is 9.17. The summed E-state index contributed by atoms with van der Waals surface area (Å²) in [6.45, 7) is 13.2. The Kier molecular flexibility index (Phi) is 4.78. The molecule has 1 fully saturated rings. The Hall–Kier alpha value is -0.980. The Labute approximate surface area is 120 Å². The Morgan fingerprint density at radius 1 is 1.25 bits per heavy atom. The monoisotopic (exact) mass is 282 g/mol. The van der Waals surface area contributed by atoms with Crippen LogP contribution >= 0.6 is 0 Å². The molecule has 0 saturated carbocycles. The number of hydrogen-bond donors (Lipinski definition) is 1. The minimum Gasteiger partial charge on any atom is -0.395 e. The van der Waals surface area contributed by atoms with Crippen LogP contribution in [0.2, 0.25) is 0 Å². The van der Waals surface area contributed by atoms with Crippen molar-refractivity contribution in [1.82, 2.24) is 19.9 Å². The molecule has 6 heteroatoms. The lowest BCUT2D eigenvalue weighted by Crippen LogP contribution is -2.47. The molecule has 1 aliphatic rings. The number of aliphatic hydroxyl groups is 1. The molecule has 0 unspecified atom stereocenters. The Morgan fingerprint density at radius 3 is 2.40 bits per heavy atom. The summed E-state index contributed by atoms with van der Waals surface area (Å²) in [6.07, 6.45) is 0. The van der Waals surface area contributed by atoms with Gasteiger partial charge < -0.3 is 9.63 Å². The molecule has 2 heterocycles. The molecule has 20 heavy (non-hydrogen) atoms. The Balaban J connectivity index is 1.95. The van der Waals surface area contributed by atoms with Gasteiger partial charge in [0.25, 0.3) is 0 Å². The first-order valence-corrected chi connectivity index (χ1v) is 7.33. The average molecular weight is 282 g/mol. The Bertz CT molecular complexity index is 419.